The van der Waals surface area contributed by atoms with E-state index in [1.54, 1.807) is 0 Å². The Morgan fingerprint density at radius 2 is 2.00 bits per heavy atom. The summed E-state index contributed by atoms with van der Waals surface area (Å²) >= 11 is 0. The molecule has 0 radical (unpaired) electrons. The molecule has 0 N–H and O–H groups in total. The van der Waals surface area contributed by atoms with E-state index >= 15 is 0 Å². The fraction of sp³-hybridized carbons (Fsp3) is 0.364. The average molecular weight is 230 g/mol. The molecule has 0 fully saturated rings. The quantitative estimate of drug-likeness (QED) is 0.796. The summed E-state index contributed by atoms with van der Waals surface area (Å²) in [4.78, 5) is 11.3. The number of alkyl halides is 3. The second-order valence-corrected chi connectivity index (χ2v) is 3.16. The summed E-state index contributed by atoms with van der Waals surface area (Å²) in [7, 11) is 0.853. The highest BCUT2D eigenvalue weighted by atomic mass is 19.4. The predicted octanol–water partition coefficient (Wildman–Crippen LogP) is 2.28. The Balaban J connectivity index is 3.42. The molecule has 0 aliphatic rings. The lowest BCUT2D eigenvalue weighted by Gasteiger charge is -2.31. The van der Waals surface area contributed by atoms with Crippen molar-refractivity contribution in [2.45, 2.75) is 18.7 Å². The number of carbonyl (C=O) groups excluding carboxylic acids is 1. The van der Waals surface area contributed by atoms with E-state index in [2.05, 4.69) is 16.9 Å². The Morgan fingerprint density at radius 3 is 2.31 bits per heavy atom. The molecule has 0 heterocycles. The number of ketones is 1. The van der Waals surface area contributed by atoms with Gasteiger partial charge in [-0.3, -0.25) is 4.79 Å². The summed E-state index contributed by atoms with van der Waals surface area (Å²) in [6.45, 7) is 0.841. The third kappa shape index (κ3) is 1.76. The zero-order valence-electron chi connectivity index (χ0n) is 8.68. The molecular weight excluding hydrogens is 221 g/mol. The molecule has 0 aromatic heterocycles. The van der Waals surface area contributed by atoms with Gasteiger partial charge in [-0.2, -0.15) is 13.2 Å². The average Bonchev–Trinajstić information content (AvgIpc) is 2.18. The van der Waals surface area contributed by atoms with Crippen molar-refractivity contribution in [3.05, 3.63) is 35.9 Å². The molecule has 16 heavy (non-hydrogen) atoms. The molecule has 0 aliphatic heterocycles. The van der Waals surface area contributed by atoms with Gasteiger partial charge in [0.2, 0.25) is 5.60 Å². The number of ether oxygens (including phenoxy) is 1. The van der Waals surface area contributed by atoms with Crippen LogP contribution in [-0.4, -0.2) is 19.1 Å². The molecule has 0 saturated carbocycles. The molecule has 5 heteroatoms. The minimum atomic E-state index is -4.82. The van der Waals surface area contributed by atoms with Crippen LogP contribution in [0.25, 0.3) is 0 Å². The molecule has 1 atom stereocenters. The monoisotopic (exact) mass is 230 g/mol. The highest BCUT2D eigenvalue weighted by molar-refractivity contribution is 5.87. The Labute approximate surface area is 91.0 Å². The molecule has 1 rings (SSSR count). The number of hydrogen-bond acceptors (Lipinski definition) is 2. The van der Waals surface area contributed by atoms with Crippen LogP contribution in [0.4, 0.5) is 13.2 Å². The van der Waals surface area contributed by atoms with E-state index in [1.165, 1.54) is 6.07 Å². The largest absolute Gasteiger partial charge is 0.428 e. The molecule has 0 amide bonds. The smallest absolute Gasteiger partial charge is 0.358 e. The maximum absolute atomic E-state index is 12.9. The van der Waals surface area contributed by atoms with Gasteiger partial charge >= 0.3 is 6.18 Å². The summed E-state index contributed by atoms with van der Waals surface area (Å²) in [5, 5.41) is 0. The second-order valence-electron chi connectivity index (χ2n) is 3.16. The zero-order chi connectivity index (χ0) is 12.4. The first-order valence-corrected chi connectivity index (χ1v) is 4.37. The van der Waals surface area contributed by atoms with E-state index in [0.29, 0.717) is 0 Å². The van der Waals surface area contributed by atoms with Crippen molar-refractivity contribution in [2.24, 2.45) is 0 Å². The van der Waals surface area contributed by atoms with Crippen molar-refractivity contribution in [1.82, 2.24) is 0 Å². The van der Waals surface area contributed by atoms with Gasteiger partial charge in [0.1, 0.15) is 0 Å². The highest BCUT2D eigenvalue weighted by Crippen LogP contribution is 2.42. The molecule has 0 unspecified atom stereocenters. The van der Waals surface area contributed by atoms with Gasteiger partial charge in [0.25, 0.3) is 0 Å². The maximum Gasteiger partial charge on any atom is 0.428 e. The summed E-state index contributed by atoms with van der Waals surface area (Å²) in [5.41, 5.74) is -3.22. The van der Waals surface area contributed by atoms with E-state index in [0.717, 1.165) is 26.2 Å². The van der Waals surface area contributed by atoms with Gasteiger partial charge in [0.15, 0.2) is 5.78 Å². The maximum atomic E-state index is 12.9. The lowest BCUT2D eigenvalue weighted by Crippen LogP contribution is -2.49. The van der Waals surface area contributed by atoms with Gasteiger partial charge in [0.05, 0.1) is 0 Å². The topological polar surface area (TPSA) is 26.3 Å². The van der Waals surface area contributed by atoms with Crippen molar-refractivity contribution in [3.8, 4) is 0 Å². The summed E-state index contributed by atoms with van der Waals surface area (Å²) in [5.74, 6) is -1.12. The number of methoxy groups -OCH3 is 1. The Hall–Kier alpha value is -1.54. The van der Waals surface area contributed by atoms with Crippen LogP contribution in [0.1, 0.15) is 12.5 Å². The Kier molecular flexibility index (Phi) is 3.24. The molecule has 0 aliphatic carbocycles. The zero-order valence-corrected chi connectivity index (χ0v) is 8.68. The SMILES string of the molecule is CO[C@@](C(C)=O)(c1cc#ccc1)C(F)(F)F. The first kappa shape index (κ1) is 12.5. The van der Waals surface area contributed by atoms with Crippen molar-refractivity contribution in [1.29, 1.82) is 0 Å². The van der Waals surface area contributed by atoms with Crippen molar-refractivity contribution in [2.75, 3.05) is 7.11 Å². The number of Topliss-reactive ketones (excluding diaryl/α,β-unsaturated/α-hetero) is 1. The third-order valence-electron chi connectivity index (χ3n) is 2.26. The first-order valence-electron chi connectivity index (χ1n) is 4.37. The molecule has 1 aromatic carbocycles. The second kappa shape index (κ2) is 4.14. The number of carbonyl (C=O) groups is 1. The van der Waals surface area contributed by atoms with Crippen LogP contribution in [-0.2, 0) is 15.1 Å². The predicted molar refractivity (Wildman–Crippen MR) is 49.5 cm³/mol. The van der Waals surface area contributed by atoms with Crippen LogP contribution in [0.3, 0.4) is 0 Å². The van der Waals surface area contributed by atoms with E-state index < -0.39 is 17.6 Å². The highest BCUT2D eigenvalue weighted by Gasteiger charge is 2.60. The van der Waals surface area contributed by atoms with Crippen LogP contribution in [0, 0.1) is 12.1 Å². The molecule has 2 nitrogen and oxygen atoms in total. The lowest BCUT2D eigenvalue weighted by molar-refractivity contribution is -0.263. The fourth-order valence-corrected chi connectivity index (χ4v) is 1.51. The van der Waals surface area contributed by atoms with Crippen LogP contribution in [0.2, 0.25) is 0 Å². The fourth-order valence-electron chi connectivity index (χ4n) is 1.51. The minimum absolute atomic E-state index is 0.297. The summed E-state index contributed by atoms with van der Waals surface area (Å²) in [6, 6.07) is 8.25. The van der Waals surface area contributed by atoms with Gasteiger partial charge in [0, 0.05) is 12.7 Å². The standard InChI is InChI=1S/C11H9F3O2/c1-8(15)10(16-2,11(12,13)14)9-6-4-3-5-7-9/h4,6-7H,1-2H3/t10-/m0/s1. The van der Waals surface area contributed by atoms with E-state index in [-0.39, 0.29) is 5.56 Å². The number of hydrogen-bond donors (Lipinski definition) is 0. The molecule has 0 saturated heterocycles. The Bertz CT molecular complexity index is 373. The molecule has 86 valence electrons. The molecule has 0 spiro atoms. The normalized spacial score (nSPS) is 15.1. The van der Waals surface area contributed by atoms with Gasteiger partial charge in [-0.25, -0.2) is 0 Å². The van der Waals surface area contributed by atoms with E-state index in [1.807, 2.05) is 0 Å². The van der Waals surface area contributed by atoms with Crippen molar-refractivity contribution in [3.63, 3.8) is 0 Å². The van der Waals surface area contributed by atoms with Crippen LogP contribution in [0.5, 0.6) is 0 Å². The van der Waals surface area contributed by atoms with Crippen LogP contribution < -0.4 is 0 Å². The summed E-state index contributed by atoms with van der Waals surface area (Å²) < 4.78 is 43.3. The number of rotatable bonds is 3. The summed E-state index contributed by atoms with van der Waals surface area (Å²) in [6.07, 6.45) is -4.82. The van der Waals surface area contributed by atoms with E-state index in [4.69, 9.17) is 0 Å². The van der Waals surface area contributed by atoms with E-state index in [9.17, 15) is 18.0 Å². The lowest BCUT2D eigenvalue weighted by atomic mass is 9.89. The van der Waals surface area contributed by atoms with Gasteiger partial charge in [-0.05, 0) is 25.1 Å². The van der Waals surface area contributed by atoms with Crippen molar-refractivity contribution < 1.29 is 22.7 Å². The molecule has 0 bridgehead atoms. The number of halogens is 3. The van der Waals surface area contributed by atoms with Crippen molar-refractivity contribution >= 4 is 5.78 Å². The minimum Gasteiger partial charge on any atom is -0.358 e. The van der Waals surface area contributed by atoms with Gasteiger partial charge < -0.3 is 4.74 Å². The van der Waals surface area contributed by atoms with Crippen LogP contribution >= 0.6 is 0 Å². The first-order chi connectivity index (χ1) is 7.36. The van der Waals surface area contributed by atoms with Gasteiger partial charge in [-0.1, -0.05) is 12.1 Å². The van der Waals surface area contributed by atoms with Crippen LogP contribution in [0.15, 0.2) is 18.2 Å². The van der Waals surface area contributed by atoms with Gasteiger partial charge in [-0.15, -0.1) is 0 Å². The molecule has 1 aromatic rings. The molecular formula is C11H9F3O2. The third-order valence-corrected chi connectivity index (χ3v) is 2.26. The Morgan fingerprint density at radius 1 is 1.38 bits per heavy atom.